The number of carbonyl (C=O) groups excluding carboxylic acids is 4. The molecule has 0 heterocycles. The molecule has 0 radical (unpaired) electrons. The Bertz CT molecular complexity index is 1150. The first-order valence-electron chi connectivity index (χ1n) is 13.1. The fourth-order valence-electron chi connectivity index (χ4n) is 4.95. The zero-order chi connectivity index (χ0) is 28.4. The monoisotopic (exact) mass is 557 g/mol. The van der Waals surface area contributed by atoms with Crippen molar-refractivity contribution in [3.05, 3.63) is 64.7 Å². The Hall–Kier alpha value is -3.59. The van der Waals surface area contributed by atoms with Crippen molar-refractivity contribution in [2.45, 2.75) is 70.0 Å². The number of esters is 1. The highest BCUT2D eigenvalue weighted by Gasteiger charge is 2.35. The molecule has 39 heavy (non-hydrogen) atoms. The van der Waals surface area contributed by atoms with Crippen LogP contribution in [0.4, 0.5) is 0 Å². The third-order valence-corrected chi connectivity index (χ3v) is 7.15. The van der Waals surface area contributed by atoms with Crippen LogP contribution in [0, 0.1) is 5.92 Å². The summed E-state index contributed by atoms with van der Waals surface area (Å²) in [5.41, 5.74) is 1.43. The van der Waals surface area contributed by atoms with Crippen molar-refractivity contribution in [2.75, 3.05) is 7.11 Å². The molecule has 0 aliphatic heterocycles. The van der Waals surface area contributed by atoms with Gasteiger partial charge in [-0.2, -0.15) is 0 Å². The van der Waals surface area contributed by atoms with Gasteiger partial charge in [0.2, 0.25) is 17.7 Å². The first kappa shape index (κ1) is 30.0. The Morgan fingerprint density at radius 3 is 2.18 bits per heavy atom. The molecule has 1 aliphatic carbocycles. The molecule has 2 aromatic rings. The van der Waals surface area contributed by atoms with E-state index in [0.29, 0.717) is 10.6 Å². The SMILES string of the molecule is COC(=O)C(Cc1cccc(O)c1)NC(=O)[C@@H](NC(=O)C(Cc1ccc(Cl)cc1)NC(C)=O)C1CCCCC1. The molecule has 0 aromatic heterocycles. The molecule has 10 heteroatoms. The Balaban J connectivity index is 1.80. The third kappa shape index (κ3) is 9.28. The Morgan fingerprint density at radius 2 is 1.56 bits per heavy atom. The molecule has 1 fully saturated rings. The predicted molar refractivity (Wildman–Crippen MR) is 147 cm³/mol. The molecule has 1 aliphatic rings. The van der Waals surface area contributed by atoms with Gasteiger partial charge < -0.3 is 25.8 Å². The number of nitrogens with one attached hydrogen (secondary N) is 3. The molecule has 3 rings (SSSR count). The maximum Gasteiger partial charge on any atom is 0.328 e. The normalized spacial score (nSPS) is 15.9. The van der Waals surface area contributed by atoms with Crippen LogP contribution >= 0.6 is 11.6 Å². The highest BCUT2D eigenvalue weighted by atomic mass is 35.5. The second kappa shape index (κ2) is 14.5. The van der Waals surface area contributed by atoms with Gasteiger partial charge in [-0.3, -0.25) is 14.4 Å². The third-order valence-electron chi connectivity index (χ3n) is 6.90. The minimum Gasteiger partial charge on any atom is -0.508 e. The van der Waals surface area contributed by atoms with Gasteiger partial charge in [0.05, 0.1) is 7.11 Å². The van der Waals surface area contributed by atoms with Crippen LogP contribution in [0.5, 0.6) is 5.75 Å². The largest absolute Gasteiger partial charge is 0.508 e. The molecule has 4 N–H and O–H groups in total. The highest BCUT2D eigenvalue weighted by Crippen LogP contribution is 2.27. The number of aromatic hydroxyl groups is 1. The van der Waals surface area contributed by atoms with Crippen molar-refractivity contribution in [3.8, 4) is 5.75 Å². The number of halogens is 1. The summed E-state index contributed by atoms with van der Waals surface area (Å²) in [5.74, 6) is -2.10. The lowest BCUT2D eigenvalue weighted by atomic mass is 9.83. The summed E-state index contributed by atoms with van der Waals surface area (Å²) in [6, 6.07) is 10.5. The van der Waals surface area contributed by atoms with E-state index in [1.165, 1.54) is 26.2 Å². The molecule has 9 nitrogen and oxygen atoms in total. The van der Waals surface area contributed by atoms with E-state index in [1.807, 2.05) is 0 Å². The van der Waals surface area contributed by atoms with Gasteiger partial charge in [-0.25, -0.2) is 4.79 Å². The summed E-state index contributed by atoms with van der Waals surface area (Å²) in [5, 5.41) is 18.7. The lowest BCUT2D eigenvalue weighted by Crippen LogP contribution is -2.58. The van der Waals surface area contributed by atoms with Crippen molar-refractivity contribution in [2.24, 2.45) is 5.92 Å². The number of benzene rings is 2. The molecular weight excluding hydrogens is 522 g/mol. The lowest BCUT2D eigenvalue weighted by molar-refractivity contribution is -0.145. The number of methoxy groups -OCH3 is 1. The van der Waals surface area contributed by atoms with Crippen LogP contribution in [-0.2, 0) is 36.8 Å². The first-order valence-corrected chi connectivity index (χ1v) is 13.5. The molecule has 2 unspecified atom stereocenters. The van der Waals surface area contributed by atoms with Crippen LogP contribution in [0.3, 0.4) is 0 Å². The molecule has 1 saturated carbocycles. The fraction of sp³-hybridized carbons (Fsp3) is 0.448. The number of hydrogen-bond donors (Lipinski definition) is 4. The zero-order valence-electron chi connectivity index (χ0n) is 22.2. The van der Waals surface area contributed by atoms with Gasteiger partial charge in [-0.05, 0) is 54.2 Å². The van der Waals surface area contributed by atoms with E-state index in [1.54, 1.807) is 36.4 Å². The topological polar surface area (TPSA) is 134 Å². The fourth-order valence-corrected chi connectivity index (χ4v) is 5.07. The van der Waals surface area contributed by atoms with Gasteiger partial charge in [0.15, 0.2) is 0 Å². The number of phenolic OH excluding ortho intramolecular Hbond substituents is 1. The Kier molecular flexibility index (Phi) is 11.2. The molecule has 0 saturated heterocycles. The highest BCUT2D eigenvalue weighted by molar-refractivity contribution is 6.30. The van der Waals surface area contributed by atoms with E-state index < -0.39 is 35.9 Å². The maximum absolute atomic E-state index is 13.6. The van der Waals surface area contributed by atoms with Crippen molar-refractivity contribution < 1.29 is 29.0 Å². The average molecular weight is 558 g/mol. The second-order valence-corrected chi connectivity index (χ2v) is 10.4. The Morgan fingerprint density at radius 1 is 0.897 bits per heavy atom. The number of phenols is 1. The van der Waals surface area contributed by atoms with Crippen LogP contribution in [0.2, 0.25) is 5.02 Å². The minimum atomic E-state index is -1.02. The van der Waals surface area contributed by atoms with Crippen LogP contribution < -0.4 is 16.0 Å². The summed E-state index contributed by atoms with van der Waals surface area (Å²) in [7, 11) is 1.24. The van der Waals surface area contributed by atoms with Gasteiger partial charge in [0.1, 0.15) is 23.9 Å². The predicted octanol–water partition coefficient (Wildman–Crippen LogP) is 3.06. The van der Waals surface area contributed by atoms with E-state index >= 15 is 0 Å². The zero-order valence-corrected chi connectivity index (χ0v) is 23.0. The maximum atomic E-state index is 13.6. The lowest BCUT2D eigenvalue weighted by Gasteiger charge is -2.32. The smallest absolute Gasteiger partial charge is 0.328 e. The van der Waals surface area contributed by atoms with Crippen LogP contribution in [0.1, 0.15) is 50.2 Å². The van der Waals surface area contributed by atoms with Gasteiger partial charge >= 0.3 is 5.97 Å². The molecular formula is C29H36ClN3O6. The van der Waals surface area contributed by atoms with Gasteiger partial charge in [-0.1, -0.05) is 55.1 Å². The van der Waals surface area contributed by atoms with Gasteiger partial charge in [0, 0.05) is 24.8 Å². The van der Waals surface area contributed by atoms with Crippen molar-refractivity contribution in [1.29, 1.82) is 0 Å². The first-order chi connectivity index (χ1) is 18.7. The van der Waals surface area contributed by atoms with Crippen molar-refractivity contribution >= 4 is 35.3 Å². The van der Waals surface area contributed by atoms with Gasteiger partial charge in [-0.15, -0.1) is 0 Å². The van der Waals surface area contributed by atoms with E-state index in [0.717, 1.165) is 37.7 Å². The quantitative estimate of drug-likeness (QED) is 0.314. The van der Waals surface area contributed by atoms with E-state index in [9.17, 15) is 24.3 Å². The number of ether oxygens (including phenoxy) is 1. The number of hydrogen-bond acceptors (Lipinski definition) is 6. The van der Waals surface area contributed by atoms with Gasteiger partial charge in [0.25, 0.3) is 0 Å². The molecule has 210 valence electrons. The van der Waals surface area contributed by atoms with E-state index in [2.05, 4.69) is 16.0 Å². The summed E-state index contributed by atoms with van der Waals surface area (Å²) < 4.78 is 4.92. The van der Waals surface area contributed by atoms with Crippen LogP contribution in [-0.4, -0.2) is 54.0 Å². The van der Waals surface area contributed by atoms with Crippen molar-refractivity contribution in [3.63, 3.8) is 0 Å². The number of amides is 3. The molecule has 3 atom stereocenters. The Labute approximate surface area is 233 Å². The van der Waals surface area contributed by atoms with E-state index in [-0.39, 0.29) is 30.4 Å². The summed E-state index contributed by atoms with van der Waals surface area (Å²) in [6.07, 6.45) is 4.70. The molecule has 0 bridgehead atoms. The molecule has 3 amide bonds. The molecule has 2 aromatic carbocycles. The number of carbonyl (C=O) groups is 4. The van der Waals surface area contributed by atoms with Crippen molar-refractivity contribution in [1.82, 2.24) is 16.0 Å². The average Bonchev–Trinajstić information content (AvgIpc) is 2.91. The summed E-state index contributed by atoms with van der Waals surface area (Å²) >= 11 is 5.98. The minimum absolute atomic E-state index is 0.0412. The van der Waals surface area contributed by atoms with Crippen LogP contribution in [0.15, 0.2) is 48.5 Å². The summed E-state index contributed by atoms with van der Waals surface area (Å²) in [4.78, 5) is 51.6. The number of rotatable bonds is 11. The van der Waals surface area contributed by atoms with Crippen LogP contribution in [0.25, 0.3) is 0 Å². The molecule has 0 spiro atoms. The summed E-state index contributed by atoms with van der Waals surface area (Å²) in [6.45, 7) is 1.33. The standard InChI is InChI=1S/C29H36ClN3O6/c1-18(34)31-24(16-19-11-13-22(30)14-12-19)27(36)33-26(21-8-4-3-5-9-21)28(37)32-25(29(38)39-2)17-20-7-6-10-23(35)15-20/h6-7,10-15,21,24-26,35H,3-5,8-9,16-17H2,1-2H3,(H,31,34)(H,32,37)(H,33,36)/t24?,25?,26-/m0/s1. The second-order valence-electron chi connectivity index (χ2n) is 9.93. The van der Waals surface area contributed by atoms with E-state index in [4.69, 9.17) is 16.3 Å².